The molecule has 0 aliphatic rings. The molecular formula is C17H21O2P. The van der Waals surface area contributed by atoms with Gasteiger partial charge in [-0.05, 0) is 50.7 Å². The number of hydrogen-bond acceptors (Lipinski definition) is 2. The molecule has 0 saturated heterocycles. The van der Waals surface area contributed by atoms with Crippen LogP contribution in [0.1, 0.15) is 30.5 Å². The minimum Gasteiger partial charge on any atom is -0.507 e. The molecule has 2 aromatic carbocycles. The van der Waals surface area contributed by atoms with Gasteiger partial charge < -0.3 is 10.2 Å². The molecule has 0 saturated carbocycles. The van der Waals surface area contributed by atoms with Crippen molar-refractivity contribution in [1.29, 1.82) is 0 Å². The lowest BCUT2D eigenvalue weighted by molar-refractivity contribution is 0.0797. The summed E-state index contributed by atoms with van der Waals surface area (Å²) in [5.41, 5.74) is 2.30. The number of aliphatic hydroxyl groups is 1. The van der Waals surface area contributed by atoms with E-state index in [0.29, 0.717) is 14.3 Å². The van der Waals surface area contributed by atoms with Crippen molar-refractivity contribution in [1.82, 2.24) is 0 Å². The van der Waals surface area contributed by atoms with Gasteiger partial charge in [0.15, 0.2) is 0 Å². The lowest BCUT2D eigenvalue weighted by Gasteiger charge is -2.22. The molecule has 2 rings (SSSR count). The first-order valence-corrected chi connectivity index (χ1v) is 7.67. The van der Waals surface area contributed by atoms with Gasteiger partial charge in [-0.1, -0.05) is 44.0 Å². The topological polar surface area (TPSA) is 40.5 Å². The van der Waals surface area contributed by atoms with E-state index in [1.165, 1.54) is 0 Å². The maximum Gasteiger partial charge on any atom is 0.123 e. The van der Waals surface area contributed by atoms with Crippen molar-refractivity contribution in [2.75, 3.05) is 0 Å². The predicted molar refractivity (Wildman–Crippen MR) is 86.9 cm³/mol. The third-order valence-corrected chi connectivity index (χ3v) is 4.63. The Morgan fingerprint density at radius 1 is 0.900 bits per heavy atom. The van der Waals surface area contributed by atoms with Crippen LogP contribution in [0.3, 0.4) is 0 Å². The van der Waals surface area contributed by atoms with E-state index >= 15 is 0 Å². The summed E-state index contributed by atoms with van der Waals surface area (Å²) in [7, 11) is 0.331. The highest BCUT2D eigenvalue weighted by Gasteiger charge is 2.20. The molecule has 0 heterocycles. The van der Waals surface area contributed by atoms with Crippen molar-refractivity contribution in [2.24, 2.45) is 0 Å². The molecule has 0 aromatic heterocycles. The normalized spacial score (nSPS) is 12.2. The lowest BCUT2D eigenvalue weighted by Crippen LogP contribution is -2.24. The molecule has 20 heavy (non-hydrogen) atoms. The van der Waals surface area contributed by atoms with E-state index in [-0.39, 0.29) is 0 Å². The molecule has 0 spiro atoms. The summed E-state index contributed by atoms with van der Waals surface area (Å²) in [6.07, 6.45) is 0. The van der Waals surface area contributed by atoms with Crippen LogP contribution in [-0.2, 0) is 5.60 Å². The van der Waals surface area contributed by atoms with E-state index < -0.39 is 5.60 Å². The Balaban J connectivity index is 2.46. The highest BCUT2D eigenvalue weighted by atomic mass is 31.1. The van der Waals surface area contributed by atoms with Crippen molar-refractivity contribution in [2.45, 2.75) is 33.3 Å². The van der Waals surface area contributed by atoms with Gasteiger partial charge in [0.2, 0.25) is 0 Å². The number of aryl methyl sites for hydroxylation is 2. The van der Waals surface area contributed by atoms with Crippen molar-refractivity contribution >= 4 is 19.2 Å². The second kappa shape index (κ2) is 5.55. The van der Waals surface area contributed by atoms with Crippen LogP contribution in [0.15, 0.2) is 36.4 Å². The van der Waals surface area contributed by atoms with E-state index in [0.717, 1.165) is 27.3 Å². The van der Waals surface area contributed by atoms with Gasteiger partial charge in [0.05, 0.1) is 5.60 Å². The number of phenols is 1. The second-order valence-electron chi connectivity index (χ2n) is 5.75. The standard InChI is InChI=1S/C17H21O2P/c1-11-6-8-15(13(9-11)17(3,4)19)20-16-10-12(2)5-7-14(16)18/h5-10,18-20H,1-4H3. The summed E-state index contributed by atoms with van der Waals surface area (Å²) in [4.78, 5) is 0. The van der Waals surface area contributed by atoms with Crippen LogP contribution in [0, 0.1) is 13.8 Å². The zero-order chi connectivity index (χ0) is 14.9. The zero-order valence-electron chi connectivity index (χ0n) is 12.4. The molecule has 0 bridgehead atoms. The zero-order valence-corrected chi connectivity index (χ0v) is 13.4. The summed E-state index contributed by atoms with van der Waals surface area (Å²) in [6.45, 7) is 7.63. The van der Waals surface area contributed by atoms with Gasteiger partial charge in [-0.2, -0.15) is 0 Å². The van der Waals surface area contributed by atoms with Gasteiger partial charge >= 0.3 is 0 Å². The molecule has 2 N–H and O–H groups in total. The molecular weight excluding hydrogens is 267 g/mol. The Morgan fingerprint density at radius 3 is 2.15 bits per heavy atom. The Kier molecular flexibility index (Phi) is 4.17. The molecule has 0 radical (unpaired) electrons. The highest BCUT2D eigenvalue weighted by molar-refractivity contribution is 7.55. The number of aromatic hydroxyl groups is 1. The Hall–Kier alpha value is -1.37. The first-order chi connectivity index (χ1) is 9.27. The second-order valence-corrected chi connectivity index (χ2v) is 7.08. The van der Waals surface area contributed by atoms with Crippen LogP contribution in [0.4, 0.5) is 0 Å². The lowest BCUT2D eigenvalue weighted by atomic mass is 9.97. The quantitative estimate of drug-likeness (QED) is 0.853. The first-order valence-electron chi connectivity index (χ1n) is 6.67. The van der Waals surface area contributed by atoms with Gasteiger partial charge in [-0.15, -0.1) is 0 Å². The Labute approximate surface area is 122 Å². The van der Waals surface area contributed by atoms with Crippen molar-refractivity contribution in [3.63, 3.8) is 0 Å². The maximum absolute atomic E-state index is 10.3. The third kappa shape index (κ3) is 3.39. The molecule has 106 valence electrons. The first kappa shape index (κ1) is 15.0. The maximum atomic E-state index is 10.3. The minimum absolute atomic E-state index is 0.316. The smallest absolute Gasteiger partial charge is 0.123 e. The van der Waals surface area contributed by atoms with E-state index in [4.69, 9.17) is 0 Å². The van der Waals surface area contributed by atoms with E-state index in [1.54, 1.807) is 19.9 Å². The van der Waals surface area contributed by atoms with E-state index in [9.17, 15) is 10.2 Å². The molecule has 1 atom stereocenters. The largest absolute Gasteiger partial charge is 0.507 e. The van der Waals surface area contributed by atoms with Crippen molar-refractivity contribution < 1.29 is 10.2 Å². The number of phenolic OH excluding ortho intramolecular Hbond substituents is 1. The minimum atomic E-state index is -0.881. The van der Waals surface area contributed by atoms with Gasteiger partial charge in [0.1, 0.15) is 5.75 Å². The summed E-state index contributed by atoms with van der Waals surface area (Å²) in [5, 5.41) is 22.3. The molecule has 2 aromatic rings. The number of hydrogen-bond donors (Lipinski definition) is 2. The molecule has 0 amide bonds. The van der Waals surface area contributed by atoms with Gasteiger partial charge in [0, 0.05) is 5.30 Å². The summed E-state index contributed by atoms with van der Waals surface area (Å²) in [5.74, 6) is 0.316. The summed E-state index contributed by atoms with van der Waals surface area (Å²) in [6, 6.07) is 11.7. The van der Waals surface area contributed by atoms with Crippen LogP contribution in [0.2, 0.25) is 0 Å². The van der Waals surface area contributed by atoms with Crippen LogP contribution in [0.25, 0.3) is 0 Å². The van der Waals surface area contributed by atoms with Gasteiger partial charge in [0.25, 0.3) is 0 Å². The highest BCUT2D eigenvalue weighted by Crippen LogP contribution is 2.27. The Morgan fingerprint density at radius 2 is 1.50 bits per heavy atom. The van der Waals surface area contributed by atoms with Gasteiger partial charge in [-0.25, -0.2) is 0 Å². The predicted octanol–water partition coefficient (Wildman–Crippen LogP) is 2.87. The molecule has 3 heteroatoms. The van der Waals surface area contributed by atoms with Crippen LogP contribution in [-0.4, -0.2) is 10.2 Å². The molecule has 0 aliphatic carbocycles. The van der Waals surface area contributed by atoms with Crippen molar-refractivity contribution in [3.05, 3.63) is 53.1 Å². The van der Waals surface area contributed by atoms with Gasteiger partial charge in [-0.3, -0.25) is 0 Å². The third-order valence-electron chi connectivity index (χ3n) is 3.26. The monoisotopic (exact) mass is 288 g/mol. The average molecular weight is 288 g/mol. The van der Waals surface area contributed by atoms with Crippen LogP contribution < -0.4 is 10.6 Å². The fourth-order valence-corrected chi connectivity index (χ4v) is 3.65. The Bertz CT molecular complexity index is 627. The van der Waals surface area contributed by atoms with Crippen LogP contribution in [0.5, 0.6) is 5.75 Å². The summed E-state index contributed by atoms with van der Waals surface area (Å²) >= 11 is 0. The molecule has 0 aliphatic heterocycles. The number of benzene rings is 2. The fraction of sp³-hybridized carbons (Fsp3) is 0.294. The number of rotatable bonds is 3. The van der Waals surface area contributed by atoms with E-state index in [1.807, 2.05) is 44.2 Å². The van der Waals surface area contributed by atoms with Crippen molar-refractivity contribution in [3.8, 4) is 5.75 Å². The SMILES string of the molecule is Cc1ccc(O)c(Pc2ccc(C)cc2C(C)(C)O)c1. The van der Waals surface area contributed by atoms with Crippen LogP contribution >= 0.6 is 8.58 Å². The molecule has 1 unspecified atom stereocenters. The fourth-order valence-electron chi connectivity index (χ4n) is 2.17. The molecule has 0 fully saturated rings. The average Bonchev–Trinajstić information content (AvgIpc) is 2.34. The van der Waals surface area contributed by atoms with E-state index in [2.05, 4.69) is 0 Å². The summed E-state index contributed by atoms with van der Waals surface area (Å²) < 4.78 is 0. The molecule has 2 nitrogen and oxygen atoms in total.